The lowest BCUT2D eigenvalue weighted by Crippen LogP contribution is -2.32. The predicted octanol–water partition coefficient (Wildman–Crippen LogP) is 1.87. The van der Waals surface area contributed by atoms with Crippen LogP contribution in [0.5, 0.6) is 0 Å². The maximum Gasteiger partial charge on any atom is 0.251 e. The molecule has 68 valence electrons. The Bertz CT molecular complexity index is 378. The molecule has 0 saturated carbocycles. The van der Waals surface area contributed by atoms with Crippen molar-refractivity contribution in [2.45, 2.75) is 6.42 Å². The van der Waals surface area contributed by atoms with E-state index in [9.17, 15) is 9.18 Å². The van der Waals surface area contributed by atoms with Gasteiger partial charge in [-0.3, -0.25) is 4.79 Å². The van der Waals surface area contributed by atoms with Crippen LogP contribution in [-0.2, 0) is 6.42 Å². The number of nitrogens with one attached hydrogen (secondary N) is 1. The van der Waals surface area contributed by atoms with Crippen LogP contribution >= 0.6 is 15.9 Å². The molecule has 1 heterocycles. The first-order chi connectivity index (χ1) is 6.18. The molecule has 4 heteroatoms. The number of hydrogen-bond donors (Lipinski definition) is 1. The normalized spacial score (nSPS) is 15.1. The maximum atomic E-state index is 12.9. The van der Waals surface area contributed by atoms with E-state index in [4.69, 9.17) is 0 Å². The zero-order valence-corrected chi connectivity index (χ0v) is 8.32. The molecule has 1 aromatic rings. The van der Waals surface area contributed by atoms with Crippen molar-refractivity contribution in [2.75, 3.05) is 6.54 Å². The van der Waals surface area contributed by atoms with Crippen molar-refractivity contribution >= 4 is 21.8 Å². The zero-order chi connectivity index (χ0) is 9.42. The molecule has 0 spiro atoms. The fourth-order valence-electron chi connectivity index (χ4n) is 1.46. The van der Waals surface area contributed by atoms with Gasteiger partial charge < -0.3 is 5.32 Å². The lowest BCUT2D eigenvalue weighted by molar-refractivity contribution is 0.0945. The quantitative estimate of drug-likeness (QED) is 0.741. The first kappa shape index (κ1) is 8.69. The molecule has 0 aliphatic carbocycles. The SMILES string of the molecule is O=C1NCCc2c(Br)cc(F)cc21. The van der Waals surface area contributed by atoms with Crippen LogP contribution in [0.25, 0.3) is 0 Å². The smallest absolute Gasteiger partial charge is 0.251 e. The number of carbonyl (C=O) groups excluding carboxylic acids is 1. The third kappa shape index (κ3) is 1.46. The summed E-state index contributed by atoms with van der Waals surface area (Å²) >= 11 is 3.24. The average molecular weight is 244 g/mol. The lowest BCUT2D eigenvalue weighted by atomic mass is 10.0. The minimum absolute atomic E-state index is 0.193. The predicted molar refractivity (Wildman–Crippen MR) is 50.1 cm³/mol. The molecule has 1 N–H and O–H groups in total. The lowest BCUT2D eigenvalue weighted by Gasteiger charge is -2.17. The molecule has 0 atom stereocenters. The fraction of sp³-hybridized carbons (Fsp3) is 0.222. The second-order valence-electron chi connectivity index (χ2n) is 2.92. The molecular formula is C9H7BrFNO. The number of amides is 1. The largest absolute Gasteiger partial charge is 0.352 e. The standard InChI is InChI=1S/C9H7BrFNO/c10-8-4-5(11)3-7-6(8)1-2-12-9(7)13/h3-4H,1-2H2,(H,12,13). The Hall–Kier alpha value is -0.900. The van der Waals surface area contributed by atoms with Crippen molar-refractivity contribution in [3.8, 4) is 0 Å². The van der Waals surface area contributed by atoms with Gasteiger partial charge in [0, 0.05) is 16.6 Å². The second-order valence-corrected chi connectivity index (χ2v) is 3.77. The van der Waals surface area contributed by atoms with Gasteiger partial charge in [-0.05, 0) is 24.1 Å². The molecule has 1 amide bonds. The van der Waals surface area contributed by atoms with E-state index >= 15 is 0 Å². The summed E-state index contributed by atoms with van der Waals surface area (Å²) in [5.74, 6) is -0.580. The van der Waals surface area contributed by atoms with E-state index < -0.39 is 0 Å². The molecule has 0 radical (unpaired) electrons. The van der Waals surface area contributed by atoms with E-state index in [1.54, 1.807) is 0 Å². The molecule has 1 aromatic carbocycles. The van der Waals surface area contributed by atoms with Gasteiger partial charge in [0.05, 0.1) is 0 Å². The first-order valence-electron chi connectivity index (χ1n) is 3.94. The van der Waals surface area contributed by atoms with E-state index in [0.29, 0.717) is 16.6 Å². The number of rotatable bonds is 0. The molecule has 0 aromatic heterocycles. The van der Waals surface area contributed by atoms with Crippen molar-refractivity contribution in [2.24, 2.45) is 0 Å². The van der Waals surface area contributed by atoms with Gasteiger partial charge in [-0.2, -0.15) is 0 Å². The summed E-state index contributed by atoms with van der Waals surface area (Å²) in [6, 6.07) is 2.66. The van der Waals surface area contributed by atoms with Crippen LogP contribution in [0.4, 0.5) is 4.39 Å². The molecule has 1 aliphatic rings. The summed E-state index contributed by atoms with van der Waals surface area (Å²) in [5, 5.41) is 2.67. The van der Waals surface area contributed by atoms with Gasteiger partial charge in [-0.15, -0.1) is 0 Å². The van der Waals surface area contributed by atoms with Gasteiger partial charge >= 0.3 is 0 Å². The second kappa shape index (κ2) is 3.10. The molecule has 2 rings (SSSR count). The van der Waals surface area contributed by atoms with Crippen LogP contribution in [0.1, 0.15) is 15.9 Å². The summed E-state index contributed by atoms with van der Waals surface area (Å²) in [5.41, 5.74) is 1.34. The van der Waals surface area contributed by atoms with Crippen molar-refractivity contribution in [1.82, 2.24) is 5.32 Å². The highest BCUT2D eigenvalue weighted by molar-refractivity contribution is 9.10. The number of carbonyl (C=O) groups is 1. The molecular weight excluding hydrogens is 237 g/mol. The van der Waals surface area contributed by atoms with Crippen molar-refractivity contribution in [3.05, 3.63) is 33.5 Å². The number of benzene rings is 1. The summed E-state index contributed by atoms with van der Waals surface area (Å²) in [4.78, 5) is 11.3. The zero-order valence-electron chi connectivity index (χ0n) is 6.73. The Balaban J connectivity index is 2.63. The molecule has 0 fully saturated rings. The van der Waals surface area contributed by atoms with Gasteiger partial charge in [0.15, 0.2) is 0 Å². The Morgan fingerprint density at radius 3 is 3.00 bits per heavy atom. The van der Waals surface area contributed by atoms with Crippen LogP contribution in [0.2, 0.25) is 0 Å². The third-order valence-corrected chi connectivity index (χ3v) is 2.77. The fourth-order valence-corrected chi connectivity index (χ4v) is 2.09. The highest BCUT2D eigenvalue weighted by Gasteiger charge is 2.19. The van der Waals surface area contributed by atoms with Gasteiger partial charge in [-0.1, -0.05) is 15.9 Å². The molecule has 0 saturated heterocycles. The maximum absolute atomic E-state index is 12.9. The van der Waals surface area contributed by atoms with Crippen molar-refractivity contribution in [3.63, 3.8) is 0 Å². The highest BCUT2D eigenvalue weighted by atomic mass is 79.9. The minimum atomic E-state index is -0.386. The van der Waals surface area contributed by atoms with Gasteiger partial charge in [0.25, 0.3) is 5.91 Å². The summed E-state index contributed by atoms with van der Waals surface area (Å²) < 4.78 is 13.6. The van der Waals surface area contributed by atoms with Crippen LogP contribution in [0.15, 0.2) is 16.6 Å². The number of halogens is 2. The van der Waals surface area contributed by atoms with Crippen LogP contribution in [0, 0.1) is 5.82 Å². The molecule has 13 heavy (non-hydrogen) atoms. The van der Waals surface area contributed by atoms with E-state index in [1.165, 1.54) is 12.1 Å². The van der Waals surface area contributed by atoms with Gasteiger partial charge in [-0.25, -0.2) is 4.39 Å². The average Bonchev–Trinajstić information content (AvgIpc) is 2.07. The van der Waals surface area contributed by atoms with E-state index in [2.05, 4.69) is 21.2 Å². The van der Waals surface area contributed by atoms with Crippen LogP contribution in [0.3, 0.4) is 0 Å². The molecule has 2 nitrogen and oxygen atoms in total. The minimum Gasteiger partial charge on any atom is -0.352 e. The van der Waals surface area contributed by atoms with E-state index in [1.807, 2.05) is 0 Å². The summed E-state index contributed by atoms with van der Waals surface area (Å²) in [7, 11) is 0. The Labute approximate surface area is 83.3 Å². The third-order valence-electron chi connectivity index (χ3n) is 2.07. The molecule has 1 aliphatic heterocycles. The highest BCUT2D eigenvalue weighted by Crippen LogP contribution is 2.24. The van der Waals surface area contributed by atoms with Gasteiger partial charge in [0.2, 0.25) is 0 Å². The van der Waals surface area contributed by atoms with Crippen molar-refractivity contribution < 1.29 is 9.18 Å². The number of hydrogen-bond acceptors (Lipinski definition) is 1. The van der Waals surface area contributed by atoms with Crippen molar-refractivity contribution in [1.29, 1.82) is 0 Å². The Morgan fingerprint density at radius 1 is 1.46 bits per heavy atom. The number of fused-ring (bicyclic) bond motifs is 1. The Morgan fingerprint density at radius 2 is 2.23 bits per heavy atom. The summed E-state index contributed by atoms with van der Waals surface area (Å²) in [6.45, 7) is 0.621. The monoisotopic (exact) mass is 243 g/mol. The molecule has 0 unspecified atom stereocenters. The van der Waals surface area contributed by atoms with Gasteiger partial charge in [0.1, 0.15) is 5.82 Å². The summed E-state index contributed by atoms with van der Waals surface area (Å²) in [6.07, 6.45) is 0.752. The molecule has 0 bridgehead atoms. The topological polar surface area (TPSA) is 29.1 Å². The van der Waals surface area contributed by atoms with Crippen LogP contribution < -0.4 is 5.32 Å². The Kier molecular flexibility index (Phi) is 2.07. The first-order valence-corrected chi connectivity index (χ1v) is 4.74. The van der Waals surface area contributed by atoms with E-state index in [-0.39, 0.29) is 11.7 Å². The van der Waals surface area contributed by atoms with Crippen LogP contribution in [-0.4, -0.2) is 12.5 Å². The van der Waals surface area contributed by atoms with E-state index in [0.717, 1.165) is 12.0 Å².